The number of fused-ring (bicyclic) bond motifs is 1. The molecule has 1 aliphatic heterocycles. The molecule has 1 saturated heterocycles. The van der Waals surface area contributed by atoms with Crippen molar-refractivity contribution in [2.75, 3.05) is 36.1 Å². The number of nitrogen functional groups attached to an aromatic ring is 1. The van der Waals surface area contributed by atoms with Gasteiger partial charge in [0.05, 0.1) is 5.56 Å². The second-order valence-corrected chi connectivity index (χ2v) is 8.56. The zero-order valence-corrected chi connectivity index (χ0v) is 18.3. The molecule has 0 atom stereocenters. The normalized spacial score (nSPS) is 14.0. The van der Waals surface area contributed by atoms with Gasteiger partial charge < -0.3 is 10.6 Å². The average Bonchev–Trinajstić information content (AvgIpc) is 3.13. The number of piperidine rings is 1. The Bertz CT molecular complexity index is 1110. The number of nitrogens with one attached hydrogen (secondary N) is 1. The molecule has 2 aromatic heterocycles. The Morgan fingerprint density at radius 1 is 1.16 bits per heavy atom. The van der Waals surface area contributed by atoms with Gasteiger partial charge in [0, 0.05) is 42.8 Å². The first-order valence-electron chi connectivity index (χ1n) is 10.4. The second-order valence-electron chi connectivity index (χ2n) is 7.58. The molecule has 1 aromatic carbocycles. The first-order valence-corrected chi connectivity index (χ1v) is 11.8. The van der Waals surface area contributed by atoms with E-state index in [0.717, 1.165) is 38.1 Å². The van der Waals surface area contributed by atoms with Crippen LogP contribution in [0.3, 0.4) is 0 Å². The molecular formula is C22H26N6O2S. The third-order valence-electron chi connectivity index (χ3n) is 5.37. The van der Waals surface area contributed by atoms with Crippen LogP contribution in [-0.4, -0.2) is 56.3 Å². The highest BCUT2D eigenvalue weighted by Gasteiger charge is 2.21. The van der Waals surface area contributed by atoms with Gasteiger partial charge in [-0.15, -0.1) is 0 Å². The number of hydrogen-bond acceptors (Lipinski definition) is 6. The highest BCUT2D eigenvalue weighted by atomic mass is 32.2. The van der Waals surface area contributed by atoms with E-state index in [9.17, 15) is 9.59 Å². The fourth-order valence-electron chi connectivity index (χ4n) is 3.75. The summed E-state index contributed by atoms with van der Waals surface area (Å²) in [6, 6.07) is 8.56. The summed E-state index contributed by atoms with van der Waals surface area (Å²) in [5.74, 6) is 0.935. The fourth-order valence-corrected chi connectivity index (χ4v) is 4.12. The maximum atomic E-state index is 12.9. The van der Waals surface area contributed by atoms with Crippen LogP contribution in [0.25, 0.3) is 11.2 Å². The van der Waals surface area contributed by atoms with Crippen LogP contribution in [0.2, 0.25) is 0 Å². The molecule has 3 aromatic rings. The van der Waals surface area contributed by atoms with Gasteiger partial charge in [0.15, 0.2) is 5.65 Å². The highest BCUT2D eigenvalue weighted by molar-refractivity contribution is 7.98. The summed E-state index contributed by atoms with van der Waals surface area (Å²) in [5, 5.41) is 2.88. The van der Waals surface area contributed by atoms with E-state index in [-0.39, 0.29) is 11.8 Å². The number of imidazole rings is 1. The summed E-state index contributed by atoms with van der Waals surface area (Å²) in [6.07, 6.45) is 6.86. The minimum Gasteiger partial charge on any atom is -0.399 e. The van der Waals surface area contributed by atoms with Gasteiger partial charge in [0.25, 0.3) is 11.8 Å². The average molecular weight is 439 g/mol. The summed E-state index contributed by atoms with van der Waals surface area (Å²) < 4.78 is 1.88. The van der Waals surface area contributed by atoms with E-state index >= 15 is 0 Å². The molecular weight excluding hydrogens is 412 g/mol. The molecule has 3 N–H and O–H groups in total. The number of rotatable bonds is 6. The Hall–Kier alpha value is -3.07. The highest BCUT2D eigenvalue weighted by Crippen LogP contribution is 2.22. The third-order valence-corrected chi connectivity index (χ3v) is 5.96. The van der Waals surface area contributed by atoms with Gasteiger partial charge in [-0.1, -0.05) is 6.07 Å². The first-order chi connectivity index (χ1) is 15.1. The van der Waals surface area contributed by atoms with Gasteiger partial charge in [-0.25, -0.2) is 9.97 Å². The van der Waals surface area contributed by atoms with E-state index in [1.165, 1.54) is 0 Å². The van der Waals surface area contributed by atoms with Gasteiger partial charge in [0.2, 0.25) is 5.95 Å². The number of aromatic nitrogens is 3. The molecule has 31 heavy (non-hydrogen) atoms. The molecule has 1 aliphatic rings. The summed E-state index contributed by atoms with van der Waals surface area (Å²) in [7, 11) is 0. The van der Waals surface area contributed by atoms with E-state index in [1.807, 2.05) is 15.7 Å². The number of nitrogens with zero attached hydrogens (tertiary/aromatic N) is 4. The molecule has 0 radical (unpaired) electrons. The zero-order valence-electron chi connectivity index (χ0n) is 17.5. The van der Waals surface area contributed by atoms with Gasteiger partial charge in [-0.2, -0.15) is 11.8 Å². The SMILES string of the molecule is CSCCn1c(NC(=O)c2cccc(N)c2)nc2cc(C(=O)N3CCCCC3)cnc21. The van der Waals surface area contributed by atoms with Crippen LogP contribution in [0, 0.1) is 0 Å². The number of amides is 2. The molecule has 162 valence electrons. The number of hydrogen-bond donors (Lipinski definition) is 2. The van der Waals surface area contributed by atoms with Crippen molar-refractivity contribution in [3.05, 3.63) is 47.7 Å². The van der Waals surface area contributed by atoms with Crippen LogP contribution in [0.5, 0.6) is 0 Å². The third kappa shape index (κ3) is 4.66. The van der Waals surface area contributed by atoms with Crippen molar-refractivity contribution in [2.45, 2.75) is 25.8 Å². The lowest BCUT2D eigenvalue weighted by Crippen LogP contribution is -2.35. The summed E-state index contributed by atoms with van der Waals surface area (Å²) in [5.41, 5.74) is 8.54. The minimum absolute atomic E-state index is 0.0156. The Morgan fingerprint density at radius 3 is 2.71 bits per heavy atom. The Morgan fingerprint density at radius 2 is 1.97 bits per heavy atom. The number of carbonyl (C=O) groups excluding carboxylic acids is 2. The van der Waals surface area contributed by atoms with Gasteiger partial charge in [-0.3, -0.25) is 19.5 Å². The molecule has 0 spiro atoms. The molecule has 4 rings (SSSR count). The lowest BCUT2D eigenvalue weighted by Gasteiger charge is -2.26. The largest absolute Gasteiger partial charge is 0.399 e. The predicted molar refractivity (Wildman–Crippen MR) is 124 cm³/mol. The number of anilines is 2. The Kier molecular flexibility index (Phi) is 6.41. The monoisotopic (exact) mass is 438 g/mol. The number of thioether (sulfide) groups is 1. The van der Waals surface area contributed by atoms with Crippen LogP contribution in [0.4, 0.5) is 11.6 Å². The molecule has 2 amide bonds. The van der Waals surface area contributed by atoms with Crippen molar-refractivity contribution < 1.29 is 9.59 Å². The molecule has 0 bridgehead atoms. The van der Waals surface area contributed by atoms with E-state index in [1.54, 1.807) is 48.3 Å². The Labute approximate surface area is 185 Å². The van der Waals surface area contributed by atoms with E-state index in [2.05, 4.69) is 15.3 Å². The molecule has 9 heteroatoms. The Balaban J connectivity index is 1.65. The lowest BCUT2D eigenvalue weighted by molar-refractivity contribution is 0.0724. The van der Waals surface area contributed by atoms with Crippen molar-refractivity contribution in [2.24, 2.45) is 0 Å². The van der Waals surface area contributed by atoms with Gasteiger partial charge >= 0.3 is 0 Å². The molecule has 8 nitrogen and oxygen atoms in total. The number of carbonyl (C=O) groups is 2. The topological polar surface area (TPSA) is 106 Å². The fraction of sp³-hybridized carbons (Fsp3) is 0.364. The molecule has 0 aliphatic carbocycles. The molecule has 1 fully saturated rings. The van der Waals surface area contributed by atoms with E-state index in [0.29, 0.717) is 40.5 Å². The summed E-state index contributed by atoms with van der Waals surface area (Å²) in [6.45, 7) is 2.19. The van der Waals surface area contributed by atoms with Crippen molar-refractivity contribution in [1.82, 2.24) is 19.4 Å². The van der Waals surface area contributed by atoms with Crippen LogP contribution in [-0.2, 0) is 6.54 Å². The quantitative estimate of drug-likeness (QED) is 0.572. The lowest BCUT2D eigenvalue weighted by atomic mass is 10.1. The van der Waals surface area contributed by atoms with Crippen molar-refractivity contribution >= 4 is 46.4 Å². The van der Waals surface area contributed by atoms with Crippen LogP contribution < -0.4 is 11.1 Å². The predicted octanol–water partition coefficient (Wildman–Crippen LogP) is 3.25. The number of nitrogens with two attached hydrogens (primary N) is 1. The standard InChI is InChI=1S/C22H26N6O2S/c1-31-11-10-28-19-18(13-16(14-24-19)21(30)27-8-3-2-4-9-27)25-22(28)26-20(29)15-6-5-7-17(23)12-15/h5-7,12-14H,2-4,8-11,23H2,1H3,(H,25,26,29). The van der Waals surface area contributed by atoms with Crippen molar-refractivity contribution in [3.63, 3.8) is 0 Å². The maximum absolute atomic E-state index is 12.9. The van der Waals surface area contributed by atoms with Gasteiger partial charge in [-0.05, 0) is 49.8 Å². The molecule has 0 saturated carbocycles. The van der Waals surface area contributed by atoms with E-state index < -0.39 is 0 Å². The van der Waals surface area contributed by atoms with E-state index in [4.69, 9.17) is 5.73 Å². The van der Waals surface area contributed by atoms with Crippen LogP contribution in [0.15, 0.2) is 36.5 Å². The summed E-state index contributed by atoms with van der Waals surface area (Å²) >= 11 is 1.69. The van der Waals surface area contributed by atoms with Gasteiger partial charge in [0.1, 0.15) is 5.52 Å². The smallest absolute Gasteiger partial charge is 0.258 e. The maximum Gasteiger partial charge on any atom is 0.258 e. The minimum atomic E-state index is -0.294. The van der Waals surface area contributed by atoms with Crippen molar-refractivity contribution in [1.29, 1.82) is 0 Å². The summed E-state index contributed by atoms with van der Waals surface area (Å²) in [4.78, 5) is 36.6. The first kappa shape index (κ1) is 21.2. The van der Waals surface area contributed by atoms with Crippen LogP contribution >= 0.6 is 11.8 Å². The number of aryl methyl sites for hydroxylation is 1. The number of pyridine rings is 1. The zero-order chi connectivity index (χ0) is 21.8. The van der Waals surface area contributed by atoms with Crippen molar-refractivity contribution in [3.8, 4) is 0 Å². The number of benzene rings is 1. The molecule has 3 heterocycles. The second kappa shape index (κ2) is 9.38. The number of likely N-dealkylation sites (tertiary alicyclic amines) is 1. The van der Waals surface area contributed by atoms with Crippen LogP contribution in [0.1, 0.15) is 40.0 Å². The molecule has 0 unspecified atom stereocenters.